The lowest BCUT2D eigenvalue weighted by Gasteiger charge is -2.17. The lowest BCUT2D eigenvalue weighted by Crippen LogP contribution is -2.43. The van der Waals surface area contributed by atoms with Crippen molar-refractivity contribution in [1.82, 2.24) is 14.0 Å². The Balaban J connectivity index is 3.85. The summed E-state index contributed by atoms with van der Waals surface area (Å²) in [6.45, 7) is 0. The fourth-order valence-corrected chi connectivity index (χ4v) is 1.43. The van der Waals surface area contributed by atoms with Crippen LogP contribution in [0.1, 0.15) is 11.3 Å². The third-order valence-corrected chi connectivity index (χ3v) is 2.45. The summed E-state index contributed by atoms with van der Waals surface area (Å²) in [6, 6.07) is 1.75. The first-order valence-electron chi connectivity index (χ1n) is 4.79. The molecule has 1 aromatic heterocycles. The molecule has 0 bridgehead atoms. The molecule has 0 spiro atoms. The molecular weight excluding hydrogens is 222 g/mol. The van der Waals surface area contributed by atoms with Gasteiger partial charge in [-0.3, -0.25) is 19.3 Å². The minimum absolute atomic E-state index is 0.0330. The van der Waals surface area contributed by atoms with Crippen LogP contribution in [0.25, 0.3) is 0 Å². The van der Waals surface area contributed by atoms with Gasteiger partial charge in [-0.25, -0.2) is 4.79 Å². The number of nitrogens with zero attached hydrogens (tertiary/aromatic N) is 4. The topological polar surface area (TPSA) is 94.9 Å². The largest absolute Gasteiger partial charge is 0.361 e. The van der Waals surface area contributed by atoms with Crippen molar-refractivity contribution >= 4 is 5.84 Å². The van der Waals surface area contributed by atoms with Crippen molar-refractivity contribution in [3.05, 3.63) is 32.1 Å². The molecule has 0 aliphatic carbocycles. The molecule has 0 aliphatic heterocycles. The molecule has 1 N–H and O–H groups in total. The monoisotopic (exact) mass is 235 g/mol. The highest BCUT2D eigenvalue weighted by molar-refractivity contribution is 5.96. The zero-order chi connectivity index (χ0) is 13.3. The molecule has 0 saturated carbocycles. The summed E-state index contributed by atoms with van der Waals surface area (Å²) in [5.74, 6) is -0.0566. The number of nitrogens with one attached hydrogen (secondary N) is 1. The first-order valence-corrected chi connectivity index (χ1v) is 4.79. The molecule has 0 aromatic carbocycles. The van der Waals surface area contributed by atoms with Crippen LogP contribution in [0, 0.1) is 16.7 Å². The van der Waals surface area contributed by atoms with Crippen molar-refractivity contribution in [2.24, 2.45) is 14.1 Å². The van der Waals surface area contributed by atoms with Gasteiger partial charge in [-0.2, -0.15) is 5.26 Å². The molecule has 1 aromatic rings. The Morgan fingerprint density at radius 3 is 2.24 bits per heavy atom. The van der Waals surface area contributed by atoms with Crippen molar-refractivity contribution < 1.29 is 0 Å². The first kappa shape index (κ1) is 12.7. The molecule has 0 amide bonds. The third-order valence-electron chi connectivity index (χ3n) is 2.45. The predicted molar refractivity (Wildman–Crippen MR) is 62.2 cm³/mol. The Kier molecular flexibility index (Phi) is 3.18. The standard InChI is InChI=1S/C10H13N5O2/c1-13(2)8(12)7-6(5-11)9(16)15(4)10(17)14(7)3/h12H,1-4H3. The summed E-state index contributed by atoms with van der Waals surface area (Å²) in [5, 5.41) is 16.8. The van der Waals surface area contributed by atoms with Crippen LogP contribution in [0.3, 0.4) is 0 Å². The van der Waals surface area contributed by atoms with E-state index in [2.05, 4.69) is 0 Å². The normalized spacial score (nSPS) is 9.82. The average molecular weight is 235 g/mol. The summed E-state index contributed by atoms with van der Waals surface area (Å²) in [7, 11) is 5.93. The maximum absolute atomic E-state index is 11.7. The van der Waals surface area contributed by atoms with Gasteiger partial charge in [0.2, 0.25) is 0 Å². The lowest BCUT2D eigenvalue weighted by atomic mass is 10.2. The van der Waals surface area contributed by atoms with E-state index in [1.165, 1.54) is 19.0 Å². The number of amidine groups is 1. The highest BCUT2D eigenvalue weighted by atomic mass is 16.2. The Morgan fingerprint density at radius 2 is 1.82 bits per heavy atom. The van der Waals surface area contributed by atoms with Crippen molar-refractivity contribution in [2.45, 2.75) is 0 Å². The van der Waals surface area contributed by atoms with Crippen molar-refractivity contribution in [3.63, 3.8) is 0 Å². The molecule has 0 aliphatic rings. The van der Waals surface area contributed by atoms with Gasteiger partial charge < -0.3 is 4.90 Å². The van der Waals surface area contributed by atoms with Crippen LogP contribution in [0.2, 0.25) is 0 Å². The van der Waals surface area contributed by atoms with Crippen molar-refractivity contribution in [2.75, 3.05) is 14.1 Å². The second-order valence-electron chi connectivity index (χ2n) is 3.78. The summed E-state index contributed by atoms with van der Waals surface area (Å²) in [4.78, 5) is 24.9. The van der Waals surface area contributed by atoms with Crippen molar-refractivity contribution in [1.29, 1.82) is 10.7 Å². The minimum Gasteiger partial charge on any atom is -0.361 e. The summed E-state index contributed by atoms with van der Waals surface area (Å²) < 4.78 is 1.98. The van der Waals surface area contributed by atoms with Gasteiger partial charge >= 0.3 is 5.69 Å². The van der Waals surface area contributed by atoms with E-state index in [-0.39, 0.29) is 17.1 Å². The van der Waals surface area contributed by atoms with Crippen LogP contribution in [0.15, 0.2) is 9.59 Å². The molecule has 0 atom stereocenters. The van der Waals surface area contributed by atoms with E-state index in [9.17, 15) is 9.59 Å². The molecule has 0 unspecified atom stereocenters. The molecule has 0 radical (unpaired) electrons. The maximum Gasteiger partial charge on any atom is 0.331 e. The van der Waals surface area contributed by atoms with Crippen LogP contribution in [-0.4, -0.2) is 34.0 Å². The second kappa shape index (κ2) is 4.25. The van der Waals surface area contributed by atoms with Crippen molar-refractivity contribution in [3.8, 4) is 6.07 Å². The molecular formula is C10H13N5O2. The van der Waals surface area contributed by atoms with Crippen LogP contribution in [0.4, 0.5) is 0 Å². The average Bonchev–Trinajstić information content (AvgIpc) is 2.29. The van der Waals surface area contributed by atoms with E-state index in [1.54, 1.807) is 20.2 Å². The van der Waals surface area contributed by atoms with Gasteiger partial charge in [-0.1, -0.05) is 0 Å². The van der Waals surface area contributed by atoms with E-state index in [1.807, 2.05) is 0 Å². The van der Waals surface area contributed by atoms with E-state index in [4.69, 9.17) is 10.7 Å². The van der Waals surface area contributed by atoms with E-state index in [0.717, 1.165) is 9.13 Å². The van der Waals surface area contributed by atoms with Gasteiger partial charge in [0.25, 0.3) is 5.56 Å². The number of hydrogen-bond acceptors (Lipinski definition) is 4. The molecule has 7 nitrogen and oxygen atoms in total. The molecule has 90 valence electrons. The van der Waals surface area contributed by atoms with Gasteiger partial charge in [0.05, 0.1) is 0 Å². The summed E-state index contributed by atoms with van der Waals surface area (Å²) in [5.41, 5.74) is -1.41. The van der Waals surface area contributed by atoms with Gasteiger partial charge in [-0.05, 0) is 0 Å². The van der Waals surface area contributed by atoms with Gasteiger partial charge in [-0.15, -0.1) is 0 Å². The highest BCUT2D eigenvalue weighted by Crippen LogP contribution is 2.02. The molecule has 0 saturated heterocycles. The van der Waals surface area contributed by atoms with Crippen LogP contribution < -0.4 is 11.2 Å². The third kappa shape index (κ3) is 1.85. The summed E-state index contributed by atoms with van der Waals surface area (Å²) in [6.07, 6.45) is 0. The zero-order valence-electron chi connectivity index (χ0n) is 10.1. The molecule has 17 heavy (non-hydrogen) atoms. The SMILES string of the molecule is CN(C)C(=N)c1c(C#N)c(=O)n(C)c(=O)n1C. The molecule has 1 heterocycles. The molecule has 7 heteroatoms. The number of aromatic nitrogens is 2. The molecule has 1 rings (SSSR count). The van der Waals surface area contributed by atoms with Gasteiger partial charge in [0, 0.05) is 28.2 Å². The Labute approximate surface area is 97.6 Å². The smallest absolute Gasteiger partial charge is 0.331 e. The first-order chi connectivity index (χ1) is 7.82. The van der Waals surface area contributed by atoms with Gasteiger partial charge in [0.1, 0.15) is 23.2 Å². The van der Waals surface area contributed by atoms with Crippen LogP contribution in [-0.2, 0) is 14.1 Å². The number of hydrogen-bond donors (Lipinski definition) is 1. The number of rotatable bonds is 1. The van der Waals surface area contributed by atoms with Crippen LogP contribution in [0.5, 0.6) is 0 Å². The minimum atomic E-state index is -0.683. The van der Waals surface area contributed by atoms with Gasteiger partial charge in [0.15, 0.2) is 0 Å². The highest BCUT2D eigenvalue weighted by Gasteiger charge is 2.19. The maximum atomic E-state index is 11.7. The Morgan fingerprint density at radius 1 is 1.29 bits per heavy atom. The fraction of sp³-hybridized carbons (Fsp3) is 0.400. The number of nitriles is 1. The van der Waals surface area contributed by atoms with E-state index in [0.29, 0.717) is 0 Å². The second-order valence-corrected chi connectivity index (χ2v) is 3.78. The molecule has 0 fully saturated rings. The Hall–Kier alpha value is -2.36. The fourth-order valence-electron chi connectivity index (χ4n) is 1.43. The Bertz CT molecular complexity index is 630. The van der Waals surface area contributed by atoms with Crippen LogP contribution >= 0.6 is 0 Å². The van der Waals surface area contributed by atoms with E-state index >= 15 is 0 Å². The van der Waals surface area contributed by atoms with E-state index < -0.39 is 11.2 Å². The summed E-state index contributed by atoms with van der Waals surface area (Å²) >= 11 is 0. The predicted octanol–water partition coefficient (Wildman–Crippen LogP) is -1.16. The quantitative estimate of drug-likeness (QED) is 0.490. The zero-order valence-corrected chi connectivity index (χ0v) is 10.1. The lowest BCUT2D eigenvalue weighted by molar-refractivity contribution is 0.599.